The highest BCUT2D eigenvalue weighted by molar-refractivity contribution is 6.04. The van der Waals surface area contributed by atoms with Crippen LogP contribution in [0.1, 0.15) is 12.5 Å². The number of hydrogen-bond donors (Lipinski definition) is 2. The van der Waals surface area contributed by atoms with Gasteiger partial charge in [-0.15, -0.1) is 0 Å². The minimum atomic E-state index is -0.792. The highest BCUT2D eigenvalue weighted by Gasteiger charge is 2.13. The van der Waals surface area contributed by atoms with Gasteiger partial charge in [-0.1, -0.05) is 18.2 Å². The number of fused-ring (bicyclic) bond motifs is 1. The first-order chi connectivity index (χ1) is 5.77. The van der Waals surface area contributed by atoms with Crippen LogP contribution >= 0.6 is 0 Å². The maximum atomic E-state index is 9.23. The van der Waals surface area contributed by atoms with Crippen LogP contribution in [0.3, 0.4) is 0 Å². The van der Waals surface area contributed by atoms with Crippen LogP contribution in [-0.4, -0.2) is 17.2 Å². The lowest BCUT2D eigenvalue weighted by atomic mass is 10.1. The molecule has 62 valence electrons. The number of rotatable bonds is 0. The molecule has 1 aromatic rings. The normalized spacial score (nSPS) is 20.8. The van der Waals surface area contributed by atoms with Gasteiger partial charge in [-0.2, -0.15) is 0 Å². The monoisotopic (exact) mass is 162 g/mol. The van der Waals surface area contributed by atoms with Crippen molar-refractivity contribution in [2.75, 3.05) is 5.32 Å². The van der Waals surface area contributed by atoms with E-state index in [0.29, 0.717) is 0 Å². The smallest absolute Gasteiger partial charge is 0.223 e. The lowest BCUT2D eigenvalue weighted by Crippen LogP contribution is -2.23. The molecule has 3 heteroatoms. The highest BCUT2D eigenvalue weighted by Crippen LogP contribution is 2.20. The second-order valence-electron chi connectivity index (χ2n) is 2.78. The number of benzene rings is 1. The van der Waals surface area contributed by atoms with Crippen LogP contribution in [0.25, 0.3) is 0 Å². The van der Waals surface area contributed by atoms with E-state index in [0.717, 1.165) is 17.0 Å². The number of nitrogens with zero attached hydrogens (tertiary/aromatic N) is 1. The third-order valence-electron chi connectivity index (χ3n) is 1.92. The van der Waals surface area contributed by atoms with Crippen LogP contribution in [0.4, 0.5) is 5.69 Å². The van der Waals surface area contributed by atoms with Crippen molar-refractivity contribution < 1.29 is 5.11 Å². The predicted molar refractivity (Wildman–Crippen MR) is 48.3 cm³/mol. The Balaban J connectivity index is 2.53. The Morgan fingerprint density at radius 1 is 1.42 bits per heavy atom. The maximum absolute atomic E-state index is 9.23. The Morgan fingerprint density at radius 2 is 2.17 bits per heavy atom. The summed E-state index contributed by atoms with van der Waals surface area (Å²) in [7, 11) is 0. The lowest BCUT2D eigenvalue weighted by molar-refractivity contribution is 0.213. The molecule has 0 amide bonds. The Labute approximate surface area is 70.8 Å². The molecule has 1 unspecified atom stereocenters. The molecular weight excluding hydrogens is 152 g/mol. The summed E-state index contributed by atoms with van der Waals surface area (Å²) in [6.07, 6.45) is -0.792. The molecule has 2 N–H and O–H groups in total. The first kappa shape index (κ1) is 7.31. The highest BCUT2D eigenvalue weighted by atomic mass is 16.3. The van der Waals surface area contributed by atoms with Crippen LogP contribution in [-0.2, 0) is 0 Å². The summed E-state index contributed by atoms with van der Waals surface area (Å²) in [5.41, 5.74) is 2.87. The standard InChI is InChI=1S/C9H10N2O/c1-6-7-4-2-3-5-8(7)11-9(12)10-6/h2-5,9,11-12H,1H3. The van der Waals surface area contributed by atoms with E-state index in [4.69, 9.17) is 0 Å². The summed E-state index contributed by atoms with van der Waals surface area (Å²) in [5, 5.41) is 12.1. The average molecular weight is 162 g/mol. The number of anilines is 1. The molecule has 0 fully saturated rings. The molecule has 0 radical (unpaired) electrons. The van der Waals surface area contributed by atoms with Crippen molar-refractivity contribution in [3.8, 4) is 0 Å². The van der Waals surface area contributed by atoms with E-state index in [1.165, 1.54) is 0 Å². The molecule has 1 aromatic carbocycles. The molecule has 0 aliphatic carbocycles. The number of aliphatic hydroxyl groups excluding tert-OH is 1. The van der Waals surface area contributed by atoms with Crippen LogP contribution < -0.4 is 5.32 Å². The Morgan fingerprint density at radius 3 is 3.00 bits per heavy atom. The minimum absolute atomic E-state index is 0.792. The topological polar surface area (TPSA) is 44.6 Å². The first-order valence-electron chi connectivity index (χ1n) is 3.86. The molecule has 0 bridgehead atoms. The fraction of sp³-hybridized carbons (Fsp3) is 0.222. The van der Waals surface area contributed by atoms with Crippen molar-refractivity contribution in [2.24, 2.45) is 4.99 Å². The zero-order valence-corrected chi connectivity index (χ0v) is 6.78. The predicted octanol–water partition coefficient (Wildman–Crippen LogP) is 1.20. The third-order valence-corrected chi connectivity index (χ3v) is 1.92. The van der Waals surface area contributed by atoms with Crippen molar-refractivity contribution in [3.05, 3.63) is 29.8 Å². The molecule has 3 nitrogen and oxygen atoms in total. The summed E-state index contributed by atoms with van der Waals surface area (Å²) in [6.45, 7) is 1.89. The van der Waals surface area contributed by atoms with E-state index >= 15 is 0 Å². The number of aliphatic imine (C=N–C) groups is 1. The molecule has 0 saturated heterocycles. The third kappa shape index (κ3) is 1.08. The van der Waals surface area contributed by atoms with E-state index in [2.05, 4.69) is 10.3 Å². The van der Waals surface area contributed by atoms with Gasteiger partial charge < -0.3 is 10.4 Å². The van der Waals surface area contributed by atoms with E-state index in [1.54, 1.807) is 0 Å². The largest absolute Gasteiger partial charge is 0.355 e. The van der Waals surface area contributed by atoms with E-state index in [-0.39, 0.29) is 0 Å². The molecule has 1 heterocycles. The fourth-order valence-corrected chi connectivity index (χ4v) is 1.35. The van der Waals surface area contributed by atoms with Crippen molar-refractivity contribution in [3.63, 3.8) is 0 Å². The van der Waals surface area contributed by atoms with Crippen molar-refractivity contribution in [1.82, 2.24) is 0 Å². The second kappa shape index (κ2) is 2.60. The number of para-hydroxylation sites is 1. The van der Waals surface area contributed by atoms with E-state index < -0.39 is 6.35 Å². The molecule has 1 atom stereocenters. The van der Waals surface area contributed by atoms with Crippen LogP contribution in [0, 0.1) is 0 Å². The zero-order chi connectivity index (χ0) is 8.55. The first-order valence-corrected chi connectivity index (χ1v) is 3.86. The molecular formula is C9H10N2O. The summed E-state index contributed by atoms with van der Waals surface area (Å²) in [6, 6.07) is 7.79. The van der Waals surface area contributed by atoms with Gasteiger partial charge in [0.05, 0.1) is 0 Å². The lowest BCUT2D eigenvalue weighted by Gasteiger charge is -2.19. The van der Waals surface area contributed by atoms with E-state index in [9.17, 15) is 5.11 Å². The van der Waals surface area contributed by atoms with Gasteiger partial charge in [0.15, 0.2) is 0 Å². The van der Waals surface area contributed by atoms with Crippen molar-refractivity contribution in [1.29, 1.82) is 0 Å². The van der Waals surface area contributed by atoms with Crippen molar-refractivity contribution in [2.45, 2.75) is 13.3 Å². The van der Waals surface area contributed by atoms with Gasteiger partial charge in [-0.25, -0.2) is 4.99 Å². The van der Waals surface area contributed by atoms with Gasteiger partial charge in [0.2, 0.25) is 6.35 Å². The van der Waals surface area contributed by atoms with Crippen LogP contribution in [0.15, 0.2) is 29.3 Å². The van der Waals surface area contributed by atoms with Crippen LogP contribution in [0.5, 0.6) is 0 Å². The fourth-order valence-electron chi connectivity index (χ4n) is 1.35. The summed E-state index contributed by atoms with van der Waals surface area (Å²) >= 11 is 0. The van der Waals surface area contributed by atoms with Gasteiger partial charge in [0, 0.05) is 17.0 Å². The summed E-state index contributed by atoms with van der Waals surface area (Å²) in [5.74, 6) is 0. The molecule has 0 saturated carbocycles. The summed E-state index contributed by atoms with van der Waals surface area (Å²) < 4.78 is 0. The number of aliphatic hydroxyl groups is 1. The van der Waals surface area contributed by atoms with Crippen LogP contribution in [0.2, 0.25) is 0 Å². The number of hydrogen-bond acceptors (Lipinski definition) is 3. The molecule has 12 heavy (non-hydrogen) atoms. The quantitative estimate of drug-likeness (QED) is 0.602. The van der Waals surface area contributed by atoms with Gasteiger partial charge in [-0.3, -0.25) is 0 Å². The van der Waals surface area contributed by atoms with Crippen molar-refractivity contribution >= 4 is 11.4 Å². The number of nitrogens with one attached hydrogen (secondary N) is 1. The van der Waals surface area contributed by atoms with Gasteiger partial charge >= 0.3 is 0 Å². The van der Waals surface area contributed by atoms with Gasteiger partial charge in [0.25, 0.3) is 0 Å². The summed E-state index contributed by atoms with van der Waals surface area (Å²) in [4.78, 5) is 3.99. The average Bonchev–Trinajstić information content (AvgIpc) is 2.04. The molecule has 1 aliphatic heterocycles. The SMILES string of the molecule is CC1=NC(O)Nc2ccccc21. The Hall–Kier alpha value is -1.35. The van der Waals surface area contributed by atoms with Gasteiger partial charge in [-0.05, 0) is 13.0 Å². The van der Waals surface area contributed by atoms with Gasteiger partial charge in [0.1, 0.15) is 0 Å². The Kier molecular flexibility index (Phi) is 1.59. The molecule has 0 spiro atoms. The molecule has 2 rings (SSSR count). The second-order valence-corrected chi connectivity index (χ2v) is 2.78. The molecule has 0 aromatic heterocycles. The zero-order valence-electron chi connectivity index (χ0n) is 6.78. The Bertz CT molecular complexity index is 333. The minimum Gasteiger partial charge on any atom is -0.355 e. The molecule has 1 aliphatic rings. The van der Waals surface area contributed by atoms with E-state index in [1.807, 2.05) is 31.2 Å². The maximum Gasteiger partial charge on any atom is 0.223 e.